The Kier molecular flexibility index (Phi) is 7.92. The van der Waals surface area contributed by atoms with E-state index in [-0.39, 0.29) is 18.0 Å². The van der Waals surface area contributed by atoms with Gasteiger partial charge in [0.2, 0.25) is 0 Å². The van der Waals surface area contributed by atoms with Crippen molar-refractivity contribution >= 4 is 52.3 Å². The molecule has 1 spiro atoms. The molecule has 218 valence electrons. The summed E-state index contributed by atoms with van der Waals surface area (Å²) < 4.78 is 6.08. The maximum absolute atomic E-state index is 12.0. The number of benzene rings is 2. The van der Waals surface area contributed by atoms with Crippen molar-refractivity contribution in [3.05, 3.63) is 88.7 Å². The fourth-order valence-electron chi connectivity index (χ4n) is 6.40. The zero-order valence-corrected chi connectivity index (χ0v) is 24.9. The van der Waals surface area contributed by atoms with Gasteiger partial charge in [-0.3, -0.25) is 4.90 Å². The van der Waals surface area contributed by atoms with E-state index in [9.17, 15) is 9.90 Å². The fourth-order valence-corrected chi connectivity index (χ4v) is 6.52. The number of carbonyl (C=O) groups is 1. The second-order valence-electron chi connectivity index (χ2n) is 11.7. The first-order valence-electron chi connectivity index (χ1n) is 14.4. The number of fused-ring (bicyclic) bond motifs is 1. The Labute approximate surface area is 256 Å². The Balaban J connectivity index is 0.00000316. The lowest BCUT2D eigenvalue weighted by Crippen LogP contribution is -2.47. The first-order valence-corrected chi connectivity index (χ1v) is 14.8. The summed E-state index contributed by atoms with van der Waals surface area (Å²) in [6.07, 6.45) is 9.83. The van der Waals surface area contributed by atoms with E-state index in [2.05, 4.69) is 31.9 Å². The highest BCUT2D eigenvalue weighted by Crippen LogP contribution is 2.59. The number of rotatable bonds is 7. The van der Waals surface area contributed by atoms with Crippen molar-refractivity contribution in [2.24, 2.45) is 5.41 Å². The molecule has 0 bridgehead atoms. The van der Waals surface area contributed by atoms with E-state index in [1.54, 1.807) is 17.8 Å². The van der Waals surface area contributed by atoms with Crippen LogP contribution in [-0.2, 0) is 0 Å². The zero-order valence-electron chi connectivity index (χ0n) is 23.3. The number of hydrogen-bond acceptors (Lipinski definition) is 5. The molecule has 2 fully saturated rings. The summed E-state index contributed by atoms with van der Waals surface area (Å²) in [5.74, 6) is -0.188. The second kappa shape index (κ2) is 11.6. The third-order valence-corrected chi connectivity index (χ3v) is 9.29. The first-order chi connectivity index (χ1) is 19.9. The Morgan fingerprint density at radius 2 is 1.81 bits per heavy atom. The number of halogens is 2. The van der Waals surface area contributed by atoms with Crippen LogP contribution in [0.15, 0.2) is 72.6 Å². The van der Waals surface area contributed by atoms with Crippen molar-refractivity contribution in [1.29, 1.82) is 0 Å². The zero-order chi connectivity index (χ0) is 28.0. The number of ether oxygens (including phenoxy) is 1. The van der Waals surface area contributed by atoms with E-state index >= 15 is 0 Å². The number of pyridine rings is 1. The van der Waals surface area contributed by atoms with Crippen LogP contribution in [0.3, 0.4) is 0 Å². The van der Waals surface area contributed by atoms with Crippen LogP contribution in [0, 0.1) is 5.41 Å². The second-order valence-corrected chi connectivity index (χ2v) is 12.1. The number of H-pyrrole nitrogens is 1. The van der Waals surface area contributed by atoms with Gasteiger partial charge in [0.25, 0.3) is 0 Å². The Bertz CT molecular complexity index is 1640. The van der Waals surface area contributed by atoms with Crippen LogP contribution in [0.25, 0.3) is 16.6 Å². The van der Waals surface area contributed by atoms with E-state index in [4.69, 9.17) is 16.3 Å². The lowest BCUT2D eigenvalue weighted by molar-refractivity contribution is 0.0694. The van der Waals surface area contributed by atoms with E-state index in [0.29, 0.717) is 16.9 Å². The van der Waals surface area contributed by atoms with Gasteiger partial charge in [-0.1, -0.05) is 29.3 Å². The Morgan fingerprint density at radius 1 is 1.02 bits per heavy atom. The lowest BCUT2D eigenvalue weighted by Gasteiger charge is -2.38. The van der Waals surface area contributed by atoms with Crippen LogP contribution < -0.4 is 9.64 Å². The van der Waals surface area contributed by atoms with Gasteiger partial charge in [0.1, 0.15) is 22.7 Å². The number of aromatic amines is 1. The molecule has 3 aliphatic rings. The van der Waals surface area contributed by atoms with Crippen molar-refractivity contribution in [3.8, 4) is 11.5 Å². The highest BCUT2D eigenvalue weighted by Gasteiger charge is 2.45. The first kappa shape index (κ1) is 28.6. The number of nitrogens with one attached hydrogen (secondary N) is 1. The van der Waals surface area contributed by atoms with Crippen LogP contribution in [0.5, 0.6) is 11.5 Å². The number of allylic oxidation sites excluding steroid dienone is 1. The molecule has 7 nitrogen and oxygen atoms in total. The Hall–Kier alpha value is -3.52. The minimum Gasteiger partial charge on any atom is -0.478 e. The van der Waals surface area contributed by atoms with Gasteiger partial charge in [0.05, 0.1) is 6.20 Å². The summed E-state index contributed by atoms with van der Waals surface area (Å²) in [4.78, 5) is 24.3. The quantitative estimate of drug-likeness (QED) is 0.225. The van der Waals surface area contributed by atoms with Crippen LogP contribution in [0.1, 0.15) is 48.0 Å². The molecule has 2 N–H and O–H groups in total. The van der Waals surface area contributed by atoms with Crippen LogP contribution >= 0.6 is 24.0 Å². The molecule has 2 aromatic heterocycles. The molecule has 0 radical (unpaired) electrons. The molecule has 9 heteroatoms. The number of piperazine rings is 1. The van der Waals surface area contributed by atoms with Gasteiger partial charge in [0.15, 0.2) is 0 Å². The molecular weight excluding hydrogens is 571 g/mol. The molecule has 1 aliphatic heterocycles. The van der Waals surface area contributed by atoms with E-state index in [1.807, 2.05) is 42.6 Å². The maximum Gasteiger partial charge on any atom is 0.339 e. The summed E-state index contributed by atoms with van der Waals surface area (Å²) in [5, 5.41) is 11.5. The summed E-state index contributed by atoms with van der Waals surface area (Å²) in [7, 11) is 0. The monoisotopic (exact) mass is 604 g/mol. The summed E-state index contributed by atoms with van der Waals surface area (Å²) >= 11 is 6.20. The van der Waals surface area contributed by atoms with Crippen LogP contribution in [0.2, 0.25) is 5.02 Å². The van der Waals surface area contributed by atoms with Gasteiger partial charge in [0, 0.05) is 61.1 Å². The number of nitrogens with zero attached hydrogens (tertiary/aromatic N) is 3. The number of anilines is 1. The minimum absolute atomic E-state index is 0. The van der Waals surface area contributed by atoms with Gasteiger partial charge >= 0.3 is 5.97 Å². The minimum atomic E-state index is -1.02. The average molecular weight is 606 g/mol. The number of carboxylic acids is 1. The highest BCUT2D eigenvalue weighted by molar-refractivity contribution is 6.30. The SMILES string of the molecule is Cl.O=C(O)c1ccc(N2CCN(CC3=C(c4ccc(Cl)cc4)CC4(CC3)CC4)CC2)cc1Oc1cnc2[nH]ccc2c1. The number of aromatic carboxylic acids is 1. The van der Waals surface area contributed by atoms with Gasteiger partial charge in [-0.25, -0.2) is 9.78 Å². The normalized spacial score (nSPS) is 18.3. The average Bonchev–Trinajstić information content (AvgIpc) is 3.57. The lowest BCUT2D eigenvalue weighted by atomic mass is 9.78. The standard InChI is InChI=1S/C33H33ClN4O3.ClH/c34-25-3-1-22(2-4-25)29-19-33(10-11-33)9-7-24(29)21-37-13-15-38(16-14-37)26-5-6-28(32(39)40)30(18-26)41-27-17-23-8-12-35-31(23)36-20-27;/h1-6,8,12,17-18,20H,7,9-11,13-16,19,21H2,(H,35,36)(H,39,40);1H. The van der Waals surface area contributed by atoms with Crippen molar-refractivity contribution in [3.63, 3.8) is 0 Å². The van der Waals surface area contributed by atoms with E-state index in [1.165, 1.54) is 43.2 Å². The number of carboxylic acid groups (broad SMARTS) is 1. The third kappa shape index (κ3) is 5.87. The molecule has 2 aromatic carbocycles. The number of hydrogen-bond donors (Lipinski definition) is 2. The molecule has 0 atom stereocenters. The Morgan fingerprint density at radius 3 is 2.55 bits per heavy atom. The predicted octanol–water partition coefficient (Wildman–Crippen LogP) is 7.67. The van der Waals surface area contributed by atoms with Crippen LogP contribution in [0.4, 0.5) is 5.69 Å². The van der Waals surface area contributed by atoms with Crippen molar-refractivity contribution in [2.45, 2.75) is 32.1 Å². The van der Waals surface area contributed by atoms with Crippen molar-refractivity contribution < 1.29 is 14.6 Å². The molecule has 3 heterocycles. The van der Waals surface area contributed by atoms with E-state index in [0.717, 1.165) is 54.5 Å². The molecular formula is C33H34Cl2N4O3. The van der Waals surface area contributed by atoms with Crippen molar-refractivity contribution in [2.75, 3.05) is 37.6 Å². The van der Waals surface area contributed by atoms with Gasteiger partial charge in [-0.05, 0) is 85.1 Å². The molecule has 2 aliphatic carbocycles. The summed E-state index contributed by atoms with van der Waals surface area (Å²) in [5.41, 5.74) is 6.84. The smallest absolute Gasteiger partial charge is 0.339 e. The van der Waals surface area contributed by atoms with E-state index < -0.39 is 5.97 Å². The maximum atomic E-state index is 12.0. The molecule has 0 amide bonds. The molecule has 7 rings (SSSR count). The van der Waals surface area contributed by atoms with Gasteiger partial charge < -0.3 is 19.7 Å². The fraction of sp³-hybridized carbons (Fsp3) is 0.333. The third-order valence-electron chi connectivity index (χ3n) is 9.04. The molecule has 4 aromatic rings. The molecule has 0 unspecified atom stereocenters. The number of aromatic nitrogens is 2. The summed E-state index contributed by atoms with van der Waals surface area (Å²) in [6, 6.07) is 17.5. The summed E-state index contributed by atoms with van der Waals surface area (Å²) in [6.45, 7) is 4.65. The molecule has 42 heavy (non-hydrogen) atoms. The van der Waals surface area contributed by atoms with Crippen molar-refractivity contribution in [1.82, 2.24) is 14.9 Å². The molecule has 1 saturated heterocycles. The highest BCUT2D eigenvalue weighted by atomic mass is 35.5. The largest absolute Gasteiger partial charge is 0.478 e. The van der Waals surface area contributed by atoms with Gasteiger partial charge in [-0.2, -0.15) is 0 Å². The van der Waals surface area contributed by atoms with Crippen LogP contribution in [-0.4, -0.2) is 58.7 Å². The topological polar surface area (TPSA) is 81.7 Å². The molecule has 1 saturated carbocycles. The van der Waals surface area contributed by atoms with Gasteiger partial charge in [-0.15, -0.1) is 12.4 Å². The predicted molar refractivity (Wildman–Crippen MR) is 169 cm³/mol.